The number of likely N-dealkylation sites (N-methyl/N-ethyl adjacent to an activating group) is 1. The highest BCUT2D eigenvalue weighted by atomic mass is 32.1. The zero-order valence-electron chi connectivity index (χ0n) is 15.0. The molecule has 1 N–H and O–H groups in total. The van der Waals surface area contributed by atoms with Gasteiger partial charge in [-0.15, -0.1) is 0 Å². The van der Waals surface area contributed by atoms with E-state index in [1.165, 1.54) is 5.56 Å². The summed E-state index contributed by atoms with van der Waals surface area (Å²) in [6.45, 7) is 6.01. The van der Waals surface area contributed by atoms with Gasteiger partial charge in [0.1, 0.15) is 5.76 Å². The molecule has 0 saturated carbocycles. The molecule has 1 unspecified atom stereocenters. The zero-order chi connectivity index (χ0) is 17.5. The molecule has 2 aromatic rings. The quantitative estimate of drug-likeness (QED) is 0.762. The molecule has 0 saturated heterocycles. The van der Waals surface area contributed by atoms with Crippen molar-refractivity contribution < 1.29 is 4.42 Å². The number of nitrogens with zero attached hydrogens (tertiary/aromatic N) is 2. The topological polar surface area (TPSA) is 31.6 Å². The fourth-order valence-corrected chi connectivity index (χ4v) is 2.89. The SMILES string of the molecule is CCc1cccc(NC(=S)N(CCN(C)C)C(C)c2ccco2)c1. The van der Waals surface area contributed by atoms with Crippen LogP contribution >= 0.6 is 12.2 Å². The summed E-state index contributed by atoms with van der Waals surface area (Å²) < 4.78 is 5.58. The zero-order valence-corrected chi connectivity index (χ0v) is 15.8. The van der Waals surface area contributed by atoms with Crippen LogP contribution in [-0.2, 0) is 6.42 Å². The fraction of sp³-hybridized carbons (Fsp3) is 0.421. The number of hydrogen-bond donors (Lipinski definition) is 1. The number of aryl methyl sites for hydroxylation is 1. The summed E-state index contributed by atoms with van der Waals surface area (Å²) in [5, 5.41) is 4.10. The van der Waals surface area contributed by atoms with Crippen LogP contribution in [-0.4, -0.2) is 42.1 Å². The van der Waals surface area contributed by atoms with Crippen LogP contribution < -0.4 is 5.32 Å². The van der Waals surface area contributed by atoms with Crippen LogP contribution in [0.5, 0.6) is 0 Å². The molecule has 0 aliphatic heterocycles. The van der Waals surface area contributed by atoms with Crippen molar-refractivity contribution in [2.45, 2.75) is 26.3 Å². The summed E-state index contributed by atoms with van der Waals surface area (Å²) in [6, 6.07) is 12.4. The van der Waals surface area contributed by atoms with E-state index in [0.717, 1.165) is 31.0 Å². The van der Waals surface area contributed by atoms with E-state index in [1.807, 2.05) is 18.2 Å². The third-order valence-corrected chi connectivity index (χ3v) is 4.39. The van der Waals surface area contributed by atoms with Crippen molar-refractivity contribution in [1.29, 1.82) is 0 Å². The number of benzene rings is 1. The van der Waals surface area contributed by atoms with Crippen LogP contribution in [0.15, 0.2) is 47.1 Å². The van der Waals surface area contributed by atoms with Crippen molar-refractivity contribution in [3.63, 3.8) is 0 Å². The van der Waals surface area contributed by atoms with Crippen LogP contribution in [0, 0.1) is 0 Å². The van der Waals surface area contributed by atoms with E-state index in [2.05, 4.69) is 61.3 Å². The molecular weight excluding hydrogens is 318 g/mol. The summed E-state index contributed by atoms with van der Waals surface area (Å²) in [7, 11) is 4.13. The smallest absolute Gasteiger partial charge is 0.174 e. The molecule has 0 bridgehead atoms. The third kappa shape index (κ3) is 5.08. The van der Waals surface area contributed by atoms with Crippen LogP contribution in [0.1, 0.15) is 31.2 Å². The van der Waals surface area contributed by atoms with Crippen molar-refractivity contribution in [3.05, 3.63) is 54.0 Å². The van der Waals surface area contributed by atoms with Crippen LogP contribution in [0.25, 0.3) is 0 Å². The number of rotatable bonds is 7. The first kappa shape index (κ1) is 18.5. The Morgan fingerprint density at radius 3 is 2.62 bits per heavy atom. The Hall–Kier alpha value is -1.85. The van der Waals surface area contributed by atoms with Crippen LogP contribution in [0.4, 0.5) is 5.69 Å². The first-order chi connectivity index (χ1) is 11.5. The Balaban J connectivity index is 2.13. The molecule has 1 atom stereocenters. The molecule has 1 aromatic carbocycles. The molecule has 2 rings (SSSR count). The summed E-state index contributed by atoms with van der Waals surface area (Å²) in [5.74, 6) is 0.917. The summed E-state index contributed by atoms with van der Waals surface area (Å²) in [4.78, 5) is 4.33. The van der Waals surface area contributed by atoms with E-state index in [4.69, 9.17) is 16.6 Å². The van der Waals surface area contributed by atoms with Crippen LogP contribution in [0.3, 0.4) is 0 Å². The van der Waals surface area contributed by atoms with E-state index in [9.17, 15) is 0 Å². The maximum atomic E-state index is 5.69. The highest BCUT2D eigenvalue weighted by Crippen LogP contribution is 2.22. The van der Waals surface area contributed by atoms with Gasteiger partial charge in [-0.25, -0.2) is 0 Å². The first-order valence-electron chi connectivity index (χ1n) is 8.36. The molecule has 0 aliphatic carbocycles. The normalized spacial score (nSPS) is 12.2. The minimum absolute atomic E-state index is 0.0781. The lowest BCUT2D eigenvalue weighted by Gasteiger charge is -2.31. The van der Waals surface area contributed by atoms with Gasteiger partial charge in [-0.1, -0.05) is 19.1 Å². The Kier molecular flexibility index (Phi) is 6.82. The first-order valence-corrected chi connectivity index (χ1v) is 8.76. The van der Waals surface area contributed by atoms with Crippen molar-refractivity contribution in [1.82, 2.24) is 9.80 Å². The van der Waals surface area contributed by atoms with Gasteiger partial charge in [0.25, 0.3) is 0 Å². The molecule has 1 aromatic heterocycles. The number of anilines is 1. The number of furan rings is 1. The minimum atomic E-state index is 0.0781. The van der Waals surface area contributed by atoms with E-state index >= 15 is 0 Å². The lowest BCUT2D eigenvalue weighted by molar-refractivity contribution is 0.263. The second-order valence-corrected chi connectivity index (χ2v) is 6.56. The predicted octanol–water partition coefficient (Wildman–Crippen LogP) is 4.16. The number of hydrogen-bond acceptors (Lipinski definition) is 3. The minimum Gasteiger partial charge on any atom is -0.467 e. The van der Waals surface area contributed by atoms with Crippen molar-refractivity contribution >= 4 is 23.0 Å². The van der Waals surface area contributed by atoms with Gasteiger partial charge in [0, 0.05) is 18.8 Å². The second kappa shape index (κ2) is 8.85. The lowest BCUT2D eigenvalue weighted by atomic mass is 10.1. The Morgan fingerprint density at radius 2 is 2.00 bits per heavy atom. The summed E-state index contributed by atoms with van der Waals surface area (Å²) in [6.07, 6.45) is 2.71. The Bertz CT molecular complexity index is 640. The van der Waals surface area contributed by atoms with E-state index in [0.29, 0.717) is 5.11 Å². The molecule has 0 amide bonds. The van der Waals surface area contributed by atoms with Gasteiger partial charge in [-0.2, -0.15) is 0 Å². The predicted molar refractivity (Wildman–Crippen MR) is 104 cm³/mol. The Labute approximate surface area is 150 Å². The monoisotopic (exact) mass is 345 g/mol. The standard InChI is InChI=1S/C19H27N3OS/c1-5-16-8-6-9-17(14-16)20-19(24)22(12-11-21(3)4)15(2)18-10-7-13-23-18/h6-10,13-15H,5,11-12H2,1-4H3,(H,20,24). The van der Waals surface area contributed by atoms with Crippen molar-refractivity contribution in [2.24, 2.45) is 0 Å². The van der Waals surface area contributed by atoms with E-state index < -0.39 is 0 Å². The number of nitrogens with one attached hydrogen (secondary N) is 1. The molecular formula is C19H27N3OS. The maximum Gasteiger partial charge on any atom is 0.174 e. The average molecular weight is 346 g/mol. The van der Waals surface area contributed by atoms with Crippen molar-refractivity contribution in [2.75, 3.05) is 32.5 Å². The molecule has 24 heavy (non-hydrogen) atoms. The fourth-order valence-electron chi connectivity index (χ4n) is 2.53. The molecule has 5 heteroatoms. The molecule has 0 aliphatic rings. The Morgan fingerprint density at radius 1 is 1.21 bits per heavy atom. The highest BCUT2D eigenvalue weighted by molar-refractivity contribution is 7.80. The third-order valence-electron chi connectivity index (χ3n) is 4.06. The summed E-state index contributed by atoms with van der Waals surface area (Å²) in [5.41, 5.74) is 2.32. The van der Waals surface area contributed by atoms with Gasteiger partial charge in [0.05, 0.1) is 12.3 Å². The largest absolute Gasteiger partial charge is 0.467 e. The van der Waals surface area contributed by atoms with Gasteiger partial charge in [0.2, 0.25) is 0 Å². The maximum absolute atomic E-state index is 5.69. The molecule has 1 heterocycles. The molecule has 4 nitrogen and oxygen atoms in total. The van der Waals surface area contributed by atoms with Gasteiger partial charge >= 0.3 is 0 Å². The van der Waals surface area contributed by atoms with Crippen molar-refractivity contribution in [3.8, 4) is 0 Å². The van der Waals surface area contributed by atoms with E-state index in [1.54, 1.807) is 6.26 Å². The van der Waals surface area contributed by atoms with Gasteiger partial charge in [0.15, 0.2) is 5.11 Å². The molecule has 130 valence electrons. The second-order valence-electron chi connectivity index (χ2n) is 6.17. The molecule has 0 fully saturated rings. The highest BCUT2D eigenvalue weighted by Gasteiger charge is 2.21. The molecule has 0 spiro atoms. The van der Waals surface area contributed by atoms with Gasteiger partial charge in [-0.3, -0.25) is 0 Å². The van der Waals surface area contributed by atoms with Crippen LogP contribution in [0.2, 0.25) is 0 Å². The lowest BCUT2D eigenvalue weighted by Crippen LogP contribution is -2.40. The number of thiocarbonyl (C=S) groups is 1. The summed E-state index contributed by atoms with van der Waals surface area (Å²) >= 11 is 5.69. The van der Waals surface area contributed by atoms with Gasteiger partial charge < -0.3 is 19.5 Å². The molecule has 0 radical (unpaired) electrons. The van der Waals surface area contributed by atoms with E-state index in [-0.39, 0.29) is 6.04 Å². The van der Waals surface area contributed by atoms with Gasteiger partial charge in [-0.05, 0) is 69.5 Å². The average Bonchev–Trinajstić information content (AvgIpc) is 3.09.